The molecule has 0 saturated carbocycles. The molecule has 6 aromatic rings. The maximum absolute atomic E-state index is 13.8. The molecule has 54 heteroatoms. The summed E-state index contributed by atoms with van der Waals surface area (Å²) in [6, 6.07) is 18.3. The van der Waals surface area contributed by atoms with Gasteiger partial charge in [0.05, 0.1) is 96.0 Å². The first kappa shape index (κ1) is 111. The summed E-state index contributed by atoms with van der Waals surface area (Å²) in [6.07, 6.45) is -8.35. The minimum absolute atomic E-state index is 0.00489. The second-order valence-corrected chi connectivity index (χ2v) is 44.0. The lowest BCUT2D eigenvalue weighted by Crippen LogP contribution is -2.46. The number of fused-ring (bicyclic) bond motifs is 4. The zero-order valence-corrected chi connectivity index (χ0v) is 83.5. The van der Waals surface area contributed by atoms with Crippen LogP contribution in [0.2, 0.25) is 0 Å². The summed E-state index contributed by atoms with van der Waals surface area (Å²) in [5, 5.41) is 110. The molecule has 12 heterocycles. The molecule has 762 valence electrons. The maximum Gasteiger partial charge on any atom is 0.697 e. The lowest BCUT2D eigenvalue weighted by Gasteiger charge is -2.28. The van der Waals surface area contributed by atoms with Gasteiger partial charge in [0.25, 0.3) is 0 Å². The monoisotopic (exact) mass is 2060 g/mol. The first-order valence-corrected chi connectivity index (χ1v) is 51.2. The van der Waals surface area contributed by atoms with Crippen molar-refractivity contribution in [2.45, 2.75) is 231 Å². The summed E-state index contributed by atoms with van der Waals surface area (Å²) in [5.74, 6) is 0.425. The fourth-order valence-corrected chi connectivity index (χ4v) is 20.5. The predicted octanol–water partition coefficient (Wildman–Crippen LogP) is 5.09. The van der Waals surface area contributed by atoms with E-state index in [1.807, 2.05) is 102 Å². The number of hydrogen-bond acceptors (Lipinski definition) is 45. The molecule has 4 saturated heterocycles. The Hall–Kier alpha value is -8.42. The summed E-state index contributed by atoms with van der Waals surface area (Å²) in [5.41, 5.74) is 15.9. The number of Topliss-reactive ketones (excluding diaryl/α,β-unsaturated/α-hetero) is 4. The molecular weight excluding hydrogens is 1940 g/mol. The van der Waals surface area contributed by atoms with Crippen molar-refractivity contribution in [1.82, 2.24) is 48.4 Å². The van der Waals surface area contributed by atoms with Gasteiger partial charge in [0.15, 0.2) is 109 Å². The van der Waals surface area contributed by atoms with Gasteiger partial charge in [-0.25, -0.2) is 59.2 Å². The van der Waals surface area contributed by atoms with Crippen LogP contribution in [-0.2, 0) is 87.3 Å². The average Bonchev–Trinajstić information content (AvgIpc) is 1.62. The molecular formula is C85H120N18O30P3S3+. The quantitative estimate of drug-likeness (QED) is 0.0177. The number of nitrogens with zero attached hydrogens (tertiary/aromatic N) is 12. The Morgan fingerprint density at radius 3 is 1.02 bits per heavy atom. The summed E-state index contributed by atoms with van der Waals surface area (Å²) >= 11 is 3.14. The topological polar surface area (TPSA) is 714 Å². The maximum atomic E-state index is 13.8. The van der Waals surface area contributed by atoms with Crippen LogP contribution in [0.15, 0.2) is 106 Å². The van der Waals surface area contributed by atoms with Crippen molar-refractivity contribution < 1.29 is 144 Å². The van der Waals surface area contributed by atoms with Gasteiger partial charge in [-0.15, -0.1) is 9.05 Å². The van der Waals surface area contributed by atoms with Gasteiger partial charge >= 0.3 is 23.7 Å². The van der Waals surface area contributed by atoms with Crippen LogP contribution >= 0.6 is 59.0 Å². The van der Waals surface area contributed by atoms with Crippen LogP contribution in [0.25, 0.3) is 0 Å². The Kier molecular flexibility index (Phi) is 36.8. The van der Waals surface area contributed by atoms with E-state index in [-0.39, 0.29) is 191 Å². The molecule has 14 rings (SSSR count). The highest BCUT2D eigenvalue weighted by molar-refractivity contribution is 8.14. The van der Waals surface area contributed by atoms with Crippen molar-refractivity contribution >= 4 is 144 Å². The van der Waals surface area contributed by atoms with E-state index < -0.39 is 156 Å². The van der Waals surface area contributed by atoms with Crippen molar-refractivity contribution in [3.05, 3.63) is 120 Å². The van der Waals surface area contributed by atoms with E-state index >= 15 is 0 Å². The Bertz CT molecular complexity index is 5470. The molecule has 20 N–H and O–H groups in total. The third-order valence-electron chi connectivity index (χ3n) is 24.3. The van der Waals surface area contributed by atoms with Gasteiger partial charge in [-0.05, 0) is 65.5 Å². The number of carbonyl (C=O) groups is 7. The number of aliphatic imine (C=N–C) groups is 4. The second kappa shape index (κ2) is 46.1. The van der Waals surface area contributed by atoms with Gasteiger partial charge in [0.1, 0.15) is 108 Å². The zero-order valence-electron chi connectivity index (χ0n) is 78.3. The number of aliphatic hydroxyl groups excluding tert-OH is 6. The molecule has 139 heavy (non-hydrogen) atoms. The third-order valence-corrected chi connectivity index (χ3v) is 31.7. The number of hydrogen-bond donors (Lipinski definition) is 16. The van der Waals surface area contributed by atoms with Crippen molar-refractivity contribution in [3.63, 3.8) is 0 Å². The minimum atomic E-state index is -4.03. The zero-order chi connectivity index (χ0) is 102. The molecule has 0 bridgehead atoms. The number of thioether (sulfide) groups is 3. The van der Waals surface area contributed by atoms with Crippen molar-refractivity contribution in [2.75, 3.05) is 70.1 Å². The van der Waals surface area contributed by atoms with E-state index in [1.165, 1.54) is 71.3 Å². The first-order chi connectivity index (χ1) is 65.3. The summed E-state index contributed by atoms with van der Waals surface area (Å²) in [6.45, 7) is 18.2. The normalized spacial score (nSPS) is 27.6. The van der Waals surface area contributed by atoms with E-state index in [4.69, 9.17) is 69.0 Å². The Balaban J connectivity index is 0.000000182. The molecule has 0 spiro atoms. The number of carbonyl (C=O) groups excluding carboxylic acids is 7. The molecule has 0 amide bonds. The number of rotatable bonds is 38. The largest absolute Gasteiger partial charge is 0.697 e. The second-order valence-electron chi connectivity index (χ2n) is 36.2. The van der Waals surface area contributed by atoms with E-state index in [1.54, 1.807) is 13.8 Å². The van der Waals surface area contributed by atoms with Crippen LogP contribution in [0.3, 0.4) is 0 Å². The van der Waals surface area contributed by atoms with Crippen LogP contribution < -0.4 is 33.1 Å². The van der Waals surface area contributed by atoms with Crippen molar-refractivity contribution in [3.8, 4) is 0 Å². The smallest absolute Gasteiger partial charge is 0.395 e. The molecule has 19 atom stereocenters. The van der Waals surface area contributed by atoms with Gasteiger partial charge in [-0.2, -0.15) is 0 Å². The fourth-order valence-electron chi connectivity index (χ4n) is 14.3. The van der Waals surface area contributed by atoms with Gasteiger partial charge < -0.3 is 92.9 Å². The Labute approximate surface area is 812 Å². The molecule has 7 unspecified atom stereocenters. The van der Waals surface area contributed by atoms with Gasteiger partial charge in [-0.3, -0.25) is 69.9 Å². The van der Waals surface area contributed by atoms with Crippen molar-refractivity contribution in [2.24, 2.45) is 59.1 Å². The van der Waals surface area contributed by atoms with Gasteiger partial charge in [-0.1, -0.05) is 137 Å². The molecule has 4 fully saturated rings. The fraction of sp³-hybridized carbons (Fsp3) is 0.588. The van der Waals surface area contributed by atoms with Crippen LogP contribution in [0.5, 0.6) is 0 Å². The lowest BCUT2D eigenvalue weighted by molar-refractivity contribution is -0.120. The minimum Gasteiger partial charge on any atom is -0.395 e. The number of benzene rings is 2. The van der Waals surface area contributed by atoms with Gasteiger partial charge in [0.2, 0.25) is 0 Å². The van der Waals surface area contributed by atoms with Crippen LogP contribution in [-0.4, -0.2) is 292 Å². The highest BCUT2D eigenvalue weighted by Gasteiger charge is 2.59. The number of nitrogens with one attached hydrogen (secondary N) is 2. The number of ketones is 4. The molecule has 0 aliphatic carbocycles. The number of amidine groups is 4. The standard InChI is InChI=1S/C27H38N5O8PS.C26H36N5O9PS.C20H29N4O8PS.C12H16N4O5/c1-5-26(2,3)25(35)42-12-11-38-41(37,30-14-17-9-7-6-8-10-17)39-15-19-27(4,36)22(34)24(40-19)32-16-29-21-18(33)13-20(28)31-23(21)32;1-25(2,14-32)24(35)42-10-9-38-41(37,29-12-16-7-5-4-6-8-16)39-13-18-26(3,36)21(34)23(40-18)31-15-28-20-17(33)11-19(27)30-22(20)31;1-5-19(2,3)18(27)34-7-6-30-33(29)31-9-12-20(4,28)15(26)17(32-12)24-10-22-14-11(25)8-13(21)23-16(14)24;1-12(20)6(3-17)21-11(9(12)19)16-4-14-8-5(18)2-7(13)15-10(8)16/h6-10,16,19,22,24,34,36H,5,11-15H2,1-4H3,(H2,28,31)(H,30,37);4-8,15,18,21,23,32,34,36H,9-14H2,1-3H3,(H2,27,30)(H,29,37);10,12,15,17,26,28H,5-9H2,1-4H3,(H-,21,23,25);4,6,9,11,17,19-20H,2-3H2,1H3,(H2,13,15)/p+1/t19-,22?,24-,27-,41?;18-,21?,23-,26-,41?;12-,15?,17-,20-;6-,9?,11-,12-/m1111/s1. The van der Waals surface area contributed by atoms with Crippen LogP contribution in [0, 0.1) is 16.2 Å². The SMILES string of the molecule is CC(C)(CO)C(=O)SCCOP(=O)(NCc1ccccc1)OC[C@H]1O[C@@H](n2cnc3c2N=C(N)CC3=O)C(O)[C@]1(C)O.CCC(C)(C)C(=O)SCCOP(=O)(NCc1ccccc1)OC[C@H]1O[C@@H](n2cnc3c2N=C(N)CC3=O)C(O)[C@]1(C)O.CCC(C)(C)C(=O)SCCO[P+](=O)OC[C@H]1O[C@@H](n2cnc3c2N=C(N)CC3=O)C(O)[C@]1(C)O.C[C@]1(O)C(O)[C@H](n2cnc3c2N=C(N)CC3=O)O[C@@H]1CO. The highest BCUT2D eigenvalue weighted by Crippen LogP contribution is 2.52. The molecule has 0 radical (unpaired) electrons. The number of aromatic nitrogens is 8. The average molecular weight is 2060 g/mol. The summed E-state index contributed by atoms with van der Waals surface area (Å²) < 4.78 is 101. The van der Waals surface area contributed by atoms with E-state index in [0.717, 1.165) is 46.4 Å². The molecule has 2 aromatic carbocycles. The van der Waals surface area contributed by atoms with E-state index in [9.17, 15) is 98.3 Å². The number of nitrogens with two attached hydrogens (primary N) is 4. The molecule has 4 aromatic heterocycles. The van der Waals surface area contributed by atoms with E-state index in [0.29, 0.717) is 18.6 Å². The highest BCUT2D eigenvalue weighted by atomic mass is 32.2. The Morgan fingerprint density at radius 1 is 0.453 bits per heavy atom. The summed E-state index contributed by atoms with van der Waals surface area (Å²) in [7, 11) is -10.6. The molecule has 8 aliphatic heterocycles. The summed E-state index contributed by atoms with van der Waals surface area (Å²) in [4.78, 5) is 118. The number of ether oxygens (including phenoxy) is 4. The third kappa shape index (κ3) is 26.0. The molecule has 48 nitrogen and oxygen atoms in total. The predicted molar refractivity (Wildman–Crippen MR) is 506 cm³/mol. The lowest BCUT2D eigenvalue weighted by atomic mass is 9.92. The van der Waals surface area contributed by atoms with Crippen LogP contribution in [0.4, 0.5) is 23.3 Å². The number of imidazole rings is 4. The molecule has 8 aliphatic rings. The number of aliphatic hydroxyl groups is 10. The van der Waals surface area contributed by atoms with Gasteiger partial charge in [0, 0.05) is 45.7 Å². The Morgan fingerprint density at radius 2 is 0.734 bits per heavy atom. The first-order valence-electron chi connectivity index (χ1n) is 44.1. The van der Waals surface area contributed by atoms with Crippen LogP contribution in [0.1, 0.15) is 200 Å². The van der Waals surface area contributed by atoms with Crippen molar-refractivity contribution in [1.29, 1.82) is 0 Å². The van der Waals surface area contributed by atoms with E-state index in [2.05, 4.69) is 50.1 Å².